The Balaban J connectivity index is 1.01. The molecule has 0 amide bonds. The third kappa shape index (κ3) is 10.5. The molecule has 3 heterocycles. The van der Waals surface area contributed by atoms with E-state index in [0.717, 1.165) is 18.5 Å². The third-order valence-corrected chi connectivity index (χ3v) is 21.8. The Morgan fingerprint density at radius 3 is 1.37 bits per heavy atom. The van der Waals surface area contributed by atoms with E-state index < -0.39 is 0 Å². The van der Waals surface area contributed by atoms with E-state index in [1.165, 1.54) is 142 Å². The molecule has 2 unspecified atom stereocenters. The minimum atomic E-state index is -0.211. The van der Waals surface area contributed by atoms with Gasteiger partial charge in [-0.3, -0.25) is 0 Å². The molecule has 0 spiro atoms. The van der Waals surface area contributed by atoms with Crippen LogP contribution in [0.4, 0.5) is 62.6 Å². The van der Waals surface area contributed by atoms with Gasteiger partial charge in [-0.25, -0.2) is 0 Å². The summed E-state index contributed by atoms with van der Waals surface area (Å²) in [6, 6.07) is 85.2. The largest absolute Gasteiger partial charge is 0.334 e. The highest BCUT2D eigenvalue weighted by Crippen LogP contribution is 2.62. The van der Waals surface area contributed by atoms with Gasteiger partial charge in [-0.15, -0.1) is 0 Å². The lowest BCUT2D eigenvalue weighted by atomic mass is 9.33. The molecule has 10 aromatic rings. The minimum Gasteiger partial charge on any atom is -0.334 e. The van der Waals surface area contributed by atoms with Gasteiger partial charge in [-0.1, -0.05) is 245 Å². The maximum Gasteiger partial charge on any atom is 0.252 e. The summed E-state index contributed by atoms with van der Waals surface area (Å²) in [5, 5.41) is 0. The van der Waals surface area contributed by atoms with Gasteiger partial charge in [0.05, 0.1) is 11.2 Å². The van der Waals surface area contributed by atoms with Crippen LogP contribution in [-0.2, 0) is 32.5 Å². The maximum atomic E-state index is 2.80. The van der Waals surface area contributed by atoms with Crippen LogP contribution in [-0.4, -0.2) is 12.3 Å². The van der Waals surface area contributed by atoms with Crippen LogP contribution in [0, 0.1) is 0 Å². The standard InChI is InChI=1S/C88H95BN4/c1-82(2,3)61-31-38-66(39-32-61)90(67-40-33-62(34-41-67)83(4,5)6)69-45-49-76-72(56-69)87(16)50-24-25-51-88(87,17)93(76)70-44-47-74-78(57-70)91(68-42-35-63(36-43-68)84(7,8)9)79-54-65(86(13,14)15)55-80-81(79)89(74)73-46-30-60(58-26-20-18-21-27-58)52-77(73)92(80)75-48-37-64(85(10,11)12)53-71(75)59-28-22-19-23-29-59/h18-23,26-49,52-57H,24-25,50-51H2,1-17H3. The highest BCUT2D eigenvalue weighted by molar-refractivity contribution is 7.00. The first-order chi connectivity index (χ1) is 44.0. The number of rotatable bonds is 8. The Hall–Kier alpha value is -8.54. The molecule has 0 N–H and O–H groups in total. The molecule has 14 rings (SSSR count). The lowest BCUT2D eigenvalue weighted by Gasteiger charge is -2.50. The number of nitrogens with zero attached hydrogens (tertiary/aromatic N) is 4. The van der Waals surface area contributed by atoms with Crippen molar-refractivity contribution in [2.75, 3.05) is 19.6 Å². The Morgan fingerprint density at radius 2 is 0.806 bits per heavy atom. The predicted octanol–water partition coefficient (Wildman–Crippen LogP) is 22.8. The zero-order chi connectivity index (χ0) is 65.5. The molecule has 4 nitrogen and oxygen atoms in total. The van der Waals surface area contributed by atoms with Crippen LogP contribution in [0.25, 0.3) is 22.3 Å². The molecule has 2 atom stereocenters. The molecule has 4 aliphatic rings. The second kappa shape index (κ2) is 22.0. The Kier molecular flexibility index (Phi) is 14.7. The second-order valence-electron chi connectivity index (χ2n) is 33.1. The van der Waals surface area contributed by atoms with Gasteiger partial charge >= 0.3 is 0 Å². The number of hydrogen-bond acceptors (Lipinski definition) is 4. The first kappa shape index (κ1) is 61.9. The van der Waals surface area contributed by atoms with Crippen molar-refractivity contribution in [1.29, 1.82) is 0 Å². The summed E-state index contributed by atoms with van der Waals surface area (Å²) in [5.74, 6) is 0. The zero-order valence-corrected chi connectivity index (χ0v) is 58.5. The van der Waals surface area contributed by atoms with Crippen molar-refractivity contribution in [3.8, 4) is 22.3 Å². The summed E-state index contributed by atoms with van der Waals surface area (Å²) < 4.78 is 0. The van der Waals surface area contributed by atoms with Gasteiger partial charge < -0.3 is 19.6 Å². The lowest BCUT2D eigenvalue weighted by Crippen LogP contribution is -2.61. The van der Waals surface area contributed by atoms with E-state index in [2.05, 4.69) is 356 Å². The topological polar surface area (TPSA) is 13.0 Å². The number of anilines is 11. The molecule has 1 saturated carbocycles. The highest BCUT2D eigenvalue weighted by atomic mass is 15.3. The third-order valence-electron chi connectivity index (χ3n) is 21.8. The molecule has 0 radical (unpaired) electrons. The number of fused-ring (bicyclic) bond motifs is 7. The fourth-order valence-electron chi connectivity index (χ4n) is 16.0. The summed E-state index contributed by atoms with van der Waals surface area (Å²) in [4.78, 5) is 10.6. The molecular weight excluding hydrogens is 1120 g/mol. The van der Waals surface area contributed by atoms with Gasteiger partial charge in [-0.05, 0) is 210 Å². The average Bonchev–Trinajstić information content (AvgIpc) is 1.67. The van der Waals surface area contributed by atoms with Crippen LogP contribution in [0.5, 0.6) is 0 Å². The first-order valence-electron chi connectivity index (χ1n) is 34.4. The van der Waals surface area contributed by atoms with E-state index in [1.807, 2.05) is 0 Å². The summed E-state index contributed by atoms with van der Waals surface area (Å²) >= 11 is 0. The second-order valence-corrected chi connectivity index (χ2v) is 33.1. The fourth-order valence-corrected chi connectivity index (χ4v) is 16.0. The molecule has 1 aliphatic carbocycles. The molecule has 470 valence electrons. The van der Waals surface area contributed by atoms with Gasteiger partial charge in [0.15, 0.2) is 0 Å². The molecule has 0 saturated heterocycles. The van der Waals surface area contributed by atoms with Crippen LogP contribution in [0.3, 0.4) is 0 Å². The van der Waals surface area contributed by atoms with Gasteiger partial charge in [0.1, 0.15) is 0 Å². The molecule has 5 heteroatoms. The molecular formula is C88H95BN4. The molecule has 10 aromatic carbocycles. The van der Waals surface area contributed by atoms with E-state index in [1.54, 1.807) is 0 Å². The monoisotopic (exact) mass is 1220 g/mol. The normalized spacial score (nSPS) is 17.8. The van der Waals surface area contributed by atoms with Crippen molar-refractivity contribution in [1.82, 2.24) is 0 Å². The van der Waals surface area contributed by atoms with E-state index in [0.29, 0.717) is 0 Å². The summed E-state index contributed by atoms with van der Waals surface area (Å²) in [6.45, 7) is 40.1. The van der Waals surface area contributed by atoms with Crippen LogP contribution in [0.15, 0.2) is 218 Å². The van der Waals surface area contributed by atoms with Crippen molar-refractivity contribution >= 4 is 85.7 Å². The van der Waals surface area contributed by atoms with Crippen molar-refractivity contribution in [2.24, 2.45) is 0 Å². The highest BCUT2D eigenvalue weighted by Gasteiger charge is 2.58. The van der Waals surface area contributed by atoms with Crippen molar-refractivity contribution in [3.05, 3.63) is 252 Å². The van der Waals surface area contributed by atoms with Crippen LogP contribution >= 0.6 is 0 Å². The van der Waals surface area contributed by atoms with Crippen LogP contribution in [0.1, 0.15) is 177 Å². The molecule has 1 fully saturated rings. The van der Waals surface area contributed by atoms with E-state index in [4.69, 9.17) is 0 Å². The van der Waals surface area contributed by atoms with Crippen LogP contribution < -0.4 is 36.0 Å². The van der Waals surface area contributed by atoms with Gasteiger partial charge in [0.2, 0.25) is 0 Å². The van der Waals surface area contributed by atoms with Gasteiger partial charge in [0, 0.05) is 67.9 Å². The van der Waals surface area contributed by atoms with Crippen molar-refractivity contribution in [3.63, 3.8) is 0 Å². The molecule has 0 bridgehead atoms. The number of hydrogen-bond donors (Lipinski definition) is 0. The zero-order valence-electron chi connectivity index (χ0n) is 58.5. The first-order valence-corrected chi connectivity index (χ1v) is 34.4. The minimum absolute atomic E-state index is 0.0143. The Morgan fingerprint density at radius 1 is 0.344 bits per heavy atom. The Bertz CT molecular complexity index is 4430. The van der Waals surface area contributed by atoms with Crippen molar-refractivity contribution in [2.45, 2.75) is 181 Å². The summed E-state index contributed by atoms with van der Waals surface area (Å²) in [7, 11) is 0. The quantitative estimate of drug-likeness (QED) is 0.141. The molecule has 3 aliphatic heterocycles. The van der Waals surface area contributed by atoms with E-state index in [-0.39, 0.29) is 44.7 Å². The number of benzene rings is 10. The van der Waals surface area contributed by atoms with Crippen molar-refractivity contribution < 1.29 is 0 Å². The summed E-state index contributed by atoms with van der Waals surface area (Å²) in [6.07, 6.45) is 4.59. The Labute approximate surface area is 557 Å². The fraction of sp³-hybridized carbons (Fsp3) is 0.318. The van der Waals surface area contributed by atoms with E-state index >= 15 is 0 Å². The maximum absolute atomic E-state index is 2.80. The molecule has 0 aromatic heterocycles. The smallest absolute Gasteiger partial charge is 0.252 e. The lowest BCUT2D eigenvalue weighted by molar-refractivity contribution is 0.195. The van der Waals surface area contributed by atoms with Gasteiger partial charge in [0.25, 0.3) is 6.71 Å². The SMILES string of the molecule is CC(C)(C)c1ccc(N(c2ccc(C(C)(C)C)cc2)c2ccc3c(c2)C2(C)CCCCC2(C)N3c2ccc3c(c2)N(c2ccc(C(C)(C)C)cc2)c2cc(C(C)(C)C)cc4c2B3c2ccc(-c3ccccc3)cc2N4c2ccc(C(C)(C)C)cc2-c2ccccc2)cc1. The van der Waals surface area contributed by atoms with Crippen LogP contribution in [0.2, 0.25) is 0 Å². The average molecular weight is 1220 g/mol. The molecule has 93 heavy (non-hydrogen) atoms. The predicted molar refractivity (Wildman–Crippen MR) is 402 cm³/mol. The summed E-state index contributed by atoms with van der Waals surface area (Å²) in [5.41, 5.74) is 29.6. The van der Waals surface area contributed by atoms with Gasteiger partial charge in [-0.2, -0.15) is 0 Å². The van der Waals surface area contributed by atoms with E-state index in [9.17, 15) is 0 Å².